The largest absolute Gasteiger partial charge is 0.347 e. The summed E-state index contributed by atoms with van der Waals surface area (Å²) in [5, 5.41) is 2.46. The Morgan fingerprint density at radius 3 is 2.22 bits per heavy atom. The molecule has 23 heavy (non-hydrogen) atoms. The summed E-state index contributed by atoms with van der Waals surface area (Å²) in [5.74, 6) is -3.14. The maximum atomic E-state index is 14.2. The second kappa shape index (κ2) is 8.35. The molecule has 0 aliphatic carbocycles. The molecule has 2 fully saturated rings. The van der Waals surface area contributed by atoms with E-state index in [1.807, 2.05) is 4.90 Å². The van der Waals surface area contributed by atoms with E-state index in [1.165, 1.54) is 0 Å². The maximum absolute atomic E-state index is 14.2. The van der Waals surface area contributed by atoms with Crippen molar-refractivity contribution in [2.75, 3.05) is 58.9 Å². The molecule has 2 saturated heterocycles. The average Bonchev–Trinajstić information content (AvgIpc) is 2.55. The van der Waals surface area contributed by atoms with Crippen molar-refractivity contribution < 1.29 is 13.6 Å². The molecular weight excluding hydrogens is 302 g/mol. The van der Waals surface area contributed by atoms with Gasteiger partial charge in [0.15, 0.2) is 0 Å². The van der Waals surface area contributed by atoms with E-state index in [0.29, 0.717) is 19.5 Å². The molecule has 134 valence electrons. The van der Waals surface area contributed by atoms with Crippen LogP contribution in [0.25, 0.3) is 0 Å². The Labute approximate surface area is 138 Å². The second-order valence-electron chi connectivity index (χ2n) is 6.58. The Kier molecular flexibility index (Phi) is 6.73. The Hall–Kier alpha value is -0.790. The number of amides is 1. The molecule has 0 spiro atoms. The van der Waals surface area contributed by atoms with Crippen molar-refractivity contribution in [2.45, 2.75) is 38.7 Å². The molecule has 7 heteroatoms. The molecule has 0 saturated carbocycles. The molecule has 2 aliphatic rings. The number of halogens is 2. The lowest BCUT2D eigenvalue weighted by Gasteiger charge is -2.40. The Morgan fingerprint density at radius 2 is 1.65 bits per heavy atom. The van der Waals surface area contributed by atoms with Crippen LogP contribution in [0.3, 0.4) is 0 Å². The number of nitrogens with one attached hydrogen (secondary N) is 1. The summed E-state index contributed by atoms with van der Waals surface area (Å²) in [7, 11) is 0. The number of piperazine rings is 1. The Morgan fingerprint density at radius 1 is 1.04 bits per heavy atom. The molecule has 1 unspecified atom stereocenters. The Bertz CT molecular complexity index is 386. The van der Waals surface area contributed by atoms with Gasteiger partial charge >= 0.3 is 0 Å². The van der Waals surface area contributed by atoms with Gasteiger partial charge in [0, 0.05) is 52.2 Å². The fraction of sp³-hybridized carbons (Fsp3) is 0.938. The van der Waals surface area contributed by atoms with Gasteiger partial charge in [0.1, 0.15) is 0 Å². The molecule has 1 amide bonds. The number of hydrogen-bond donors (Lipinski definition) is 1. The van der Waals surface area contributed by atoms with E-state index < -0.39 is 12.0 Å². The number of piperidine rings is 1. The zero-order valence-corrected chi connectivity index (χ0v) is 14.4. The van der Waals surface area contributed by atoms with Crippen LogP contribution >= 0.6 is 0 Å². The van der Waals surface area contributed by atoms with E-state index in [4.69, 9.17) is 0 Å². The zero-order valence-electron chi connectivity index (χ0n) is 14.4. The van der Waals surface area contributed by atoms with Gasteiger partial charge in [0.2, 0.25) is 5.91 Å². The predicted octanol–water partition coefficient (Wildman–Crippen LogP) is 0.860. The van der Waals surface area contributed by atoms with E-state index in [0.717, 1.165) is 39.3 Å². The fourth-order valence-corrected chi connectivity index (χ4v) is 3.29. The fourth-order valence-electron chi connectivity index (χ4n) is 3.29. The molecule has 1 N–H and O–H groups in total. The molecule has 0 bridgehead atoms. The smallest absolute Gasteiger partial charge is 0.280 e. The number of carbonyl (C=O) groups excluding carboxylic acids is 1. The van der Waals surface area contributed by atoms with Crippen LogP contribution < -0.4 is 5.32 Å². The third-order valence-corrected chi connectivity index (χ3v) is 4.98. The summed E-state index contributed by atoms with van der Waals surface area (Å²) in [6, 6.07) is -1.01. The summed E-state index contributed by atoms with van der Waals surface area (Å²) in [6.07, 6.45) is 0.572. The number of carbonyl (C=O) groups is 1. The van der Waals surface area contributed by atoms with Gasteiger partial charge in [-0.3, -0.25) is 14.6 Å². The molecule has 1 atom stereocenters. The first-order valence-corrected chi connectivity index (χ1v) is 8.79. The molecular formula is C16H30F2N4O. The van der Waals surface area contributed by atoms with Gasteiger partial charge in [-0.2, -0.15) is 0 Å². The van der Waals surface area contributed by atoms with Gasteiger partial charge in [0.25, 0.3) is 5.92 Å². The average molecular weight is 332 g/mol. The lowest BCUT2D eigenvalue weighted by molar-refractivity contribution is -0.130. The monoisotopic (exact) mass is 332 g/mol. The van der Waals surface area contributed by atoms with Crippen LogP contribution in [0, 0.1) is 0 Å². The number of alkyl halides is 2. The molecule has 0 aromatic heterocycles. The first kappa shape index (κ1) is 18.5. The lowest BCUT2D eigenvalue weighted by Crippen LogP contribution is -2.59. The molecule has 2 rings (SSSR count). The first-order valence-electron chi connectivity index (χ1n) is 8.79. The molecule has 0 aromatic carbocycles. The normalized spacial score (nSPS) is 27.0. The van der Waals surface area contributed by atoms with E-state index in [2.05, 4.69) is 22.0 Å². The van der Waals surface area contributed by atoms with Crippen molar-refractivity contribution in [3.8, 4) is 0 Å². The van der Waals surface area contributed by atoms with Crippen LogP contribution in [0.5, 0.6) is 0 Å². The lowest BCUT2D eigenvalue weighted by atomic mass is 10.0. The van der Waals surface area contributed by atoms with Crippen molar-refractivity contribution in [1.82, 2.24) is 20.0 Å². The number of hydrogen-bond acceptors (Lipinski definition) is 4. The van der Waals surface area contributed by atoms with Crippen LogP contribution in [-0.2, 0) is 4.79 Å². The van der Waals surface area contributed by atoms with Crippen LogP contribution in [0.1, 0.15) is 26.7 Å². The van der Waals surface area contributed by atoms with Crippen LogP contribution in [0.15, 0.2) is 0 Å². The second-order valence-corrected chi connectivity index (χ2v) is 6.58. The zero-order chi connectivity index (χ0) is 16.9. The van der Waals surface area contributed by atoms with Crippen molar-refractivity contribution in [3.63, 3.8) is 0 Å². The van der Waals surface area contributed by atoms with Gasteiger partial charge in [-0.15, -0.1) is 0 Å². The minimum Gasteiger partial charge on any atom is -0.347 e. The van der Waals surface area contributed by atoms with Gasteiger partial charge in [-0.1, -0.05) is 13.8 Å². The number of likely N-dealkylation sites (N-methyl/N-ethyl adjacent to an activating group) is 1. The summed E-state index contributed by atoms with van der Waals surface area (Å²) in [6.45, 7) is 11.0. The predicted molar refractivity (Wildman–Crippen MR) is 86.8 cm³/mol. The molecule has 5 nitrogen and oxygen atoms in total. The highest BCUT2D eigenvalue weighted by molar-refractivity contribution is 5.76. The number of rotatable bonds is 6. The minimum absolute atomic E-state index is 0.250. The van der Waals surface area contributed by atoms with Gasteiger partial charge in [0.05, 0.1) is 12.6 Å². The number of nitrogens with zero attached hydrogens (tertiary/aromatic N) is 3. The maximum Gasteiger partial charge on any atom is 0.280 e. The summed E-state index contributed by atoms with van der Waals surface area (Å²) < 4.78 is 28.4. The van der Waals surface area contributed by atoms with Gasteiger partial charge in [-0.05, 0) is 13.0 Å². The van der Waals surface area contributed by atoms with Crippen molar-refractivity contribution in [1.29, 1.82) is 0 Å². The number of likely N-dealkylation sites (tertiary alicyclic amines) is 1. The molecule has 2 heterocycles. The van der Waals surface area contributed by atoms with Crippen LogP contribution in [0.2, 0.25) is 0 Å². The SMILES string of the molecule is CCC(=O)NC1CCN(CCN2CCN(CC)CC2)CC1(F)F. The van der Waals surface area contributed by atoms with Crippen molar-refractivity contribution in [2.24, 2.45) is 0 Å². The summed E-state index contributed by atoms with van der Waals surface area (Å²) in [4.78, 5) is 18.0. The van der Waals surface area contributed by atoms with E-state index in [-0.39, 0.29) is 18.9 Å². The molecule has 2 aliphatic heterocycles. The van der Waals surface area contributed by atoms with E-state index in [1.54, 1.807) is 6.92 Å². The van der Waals surface area contributed by atoms with Crippen LogP contribution in [0.4, 0.5) is 8.78 Å². The standard InChI is InChI=1S/C16H30F2N4O/c1-3-15(23)19-14-5-6-22(13-16(14,17)18)12-11-21-9-7-20(4-2)8-10-21/h14H,3-13H2,1-2H3,(H,19,23). The van der Waals surface area contributed by atoms with E-state index >= 15 is 0 Å². The van der Waals surface area contributed by atoms with Crippen molar-refractivity contribution >= 4 is 5.91 Å². The molecule has 0 aromatic rings. The quantitative estimate of drug-likeness (QED) is 0.783. The third kappa shape index (κ3) is 5.36. The topological polar surface area (TPSA) is 38.8 Å². The van der Waals surface area contributed by atoms with Crippen LogP contribution in [-0.4, -0.2) is 91.5 Å². The highest BCUT2D eigenvalue weighted by Gasteiger charge is 2.45. The van der Waals surface area contributed by atoms with Crippen molar-refractivity contribution in [3.05, 3.63) is 0 Å². The Balaban J connectivity index is 1.73. The van der Waals surface area contributed by atoms with E-state index in [9.17, 15) is 13.6 Å². The minimum atomic E-state index is -2.84. The highest BCUT2D eigenvalue weighted by Crippen LogP contribution is 2.27. The molecule has 0 radical (unpaired) electrons. The third-order valence-electron chi connectivity index (χ3n) is 4.98. The summed E-state index contributed by atoms with van der Waals surface area (Å²) >= 11 is 0. The van der Waals surface area contributed by atoms with Gasteiger partial charge in [-0.25, -0.2) is 8.78 Å². The highest BCUT2D eigenvalue weighted by atomic mass is 19.3. The summed E-state index contributed by atoms with van der Waals surface area (Å²) in [5.41, 5.74) is 0. The first-order chi connectivity index (χ1) is 10.9. The van der Waals surface area contributed by atoms with Gasteiger partial charge < -0.3 is 10.2 Å².